The molecular weight excluding hydrogens is 282 g/mol. The first-order valence-electron chi connectivity index (χ1n) is 8.54. The Balaban J connectivity index is 2.15. The van der Waals surface area contributed by atoms with Gasteiger partial charge in [-0.2, -0.15) is 0 Å². The van der Waals surface area contributed by atoms with Gasteiger partial charge in [0.25, 0.3) is 0 Å². The first-order chi connectivity index (χ1) is 10.7. The predicted molar refractivity (Wildman–Crippen MR) is 87.9 cm³/mol. The van der Waals surface area contributed by atoms with E-state index in [0.717, 1.165) is 57.7 Å². The number of ether oxygens (including phenoxy) is 1. The number of rotatable bonds is 9. The molecule has 1 rings (SSSR count). The summed E-state index contributed by atoms with van der Waals surface area (Å²) in [6.45, 7) is 7.51. The van der Waals surface area contributed by atoms with Gasteiger partial charge in [0.2, 0.25) is 0 Å². The zero-order chi connectivity index (χ0) is 16.2. The number of hydrogen-bond donors (Lipinski definition) is 2. The third kappa shape index (κ3) is 7.64. The minimum atomic E-state index is -0.230. The van der Waals surface area contributed by atoms with Crippen LogP contribution in [0.1, 0.15) is 52.4 Å². The van der Waals surface area contributed by atoms with Crippen molar-refractivity contribution in [2.24, 2.45) is 4.99 Å². The molecular formula is C16H31N3O3. The molecule has 0 unspecified atom stereocenters. The number of carbonyl (C=O) groups is 1. The highest BCUT2D eigenvalue weighted by Crippen LogP contribution is 2.09. The van der Waals surface area contributed by atoms with Gasteiger partial charge in [-0.05, 0) is 33.1 Å². The summed E-state index contributed by atoms with van der Waals surface area (Å²) in [4.78, 5) is 17.9. The van der Waals surface area contributed by atoms with Crippen molar-refractivity contribution < 1.29 is 14.6 Å². The molecule has 1 heterocycles. The Bertz CT molecular complexity index is 348. The number of aliphatic hydroxyl groups is 1. The van der Waals surface area contributed by atoms with Crippen LogP contribution in [0.15, 0.2) is 4.99 Å². The average Bonchev–Trinajstić information content (AvgIpc) is 2.92. The van der Waals surface area contributed by atoms with Gasteiger partial charge in [0.15, 0.2) is 5.96 Å². The van der Waals surface area contributed by atoms with E-state index >= 15 is 0 Å². The molecule has 0 bridgehead atoms. The molecule has 0 saturated carbocycles. The molecule has 2 N–H and O–H groups in total. The van der Waals surface area contributed by atoms with Crippen molar-refractivity contribution >= 4 is 11.9 Å². The summed E-state index contributed by atoms with van der Waals surface area (Å²) in [5, 5.41) is 12.9. The van der Waals surface area contributed by atoms with Gasteiger partial charge in [0.05, 0.1) is 12.7 Å². The van der Waals surface area contributed by atoms with E-state index in [0.29, 0.717) is 19.6 Å². The van der Waals surface area contributed by atoms with Crippen LogP contribution in [0.3, 0.4) is 0 Å². The number of aliphatic imine (C=N–C) groups is 1. The first-order valence-corrected chi connectivity index (χ1v) is 8.54. The molecule has 0 aromatic heterocycles. The first kappa shape index (κ1) is 18.7. The van der Waals surface area contributed by atoms with Crippen LogP contribution in [0.25, 0.3) is 0 Å². The SMILES string of the molecule is CCNC(=NCCCCCCC(=O)OCC)N1CC[C@@H](O)C1. The number of aliphatic hydroxyl groups excluding tert-OH is 1. The second kappa shape index (κ2) is 11.3. The van der Waals surface area contributed by atoms with Crippen molar-refractivity contribution in [3.8, 4) is 0 Å². The Morgan fingerprint density at radius 1 is 1.32 bits per heavy atom. The molecule has 0 aliphatic carbocycles. The van der Waals surface area contributed by atoms with Crippen LogP contribution in [0.2, 0.25) is 0 Å². The van der Waals surface area contributed by atoms with Crippen molar-refractivity contribution in [3.05, 3.63) is 0 Å². The Labute approximate surface area is 133 Å². The van der Waals surface area contributed by atoms with Crippen LogP contribution in [0.4, 0.5) is 0 Å². The second-order valence-electron chi connectivity index (χ2n) is 5.59. The molecule has 0 aromatic carbocycles. The van der Waals surface area contributed by atoms with Crippen LogP contribution in [0, 0.1) is 0 Å². The summed E-state index contributed by atoms with van der Waals surface area (Å²) in [5.74, 6) is 0.813. The number of nitrogens with zero attached hydrogens (tertiary/aromatic N) is 2. The summed E-state index contributed by atoms with van der Waals surface area (Å²) in [7, 11) is 0. The van der Waals surface area contributed by atoms with Crippen molar-refractivity contribution in [2.75, 3.05) is 32.8 Å². The molecule has 1 aliphatic rings. The monoisotopic (exact) mass is 313 g/mol. The summed E-state index contributed by atoms with van der Waals surface area (Å²) in [5.41, 5.74) is 0. The number of β-amino-alcohol motifs (C(OH)–C–C–N with tert-alkyl or cyclic N) is 1. The number of esters is 1. The molecule has 1 atom stereocenters. The molecule has 0 radical (unpaired) electrons. The maximum atomic E-state index is 11.2. The third-order valence-corrected chi connectivity index (χ3v) is 3.65. The lowest BCUT2D eigenvalue weighted by atomic mass is 10.1. The summed E-state index contributed by atoms with van der Waals surface area (Å²) in [6.07, 6.45) is 5.13. The van der Waals surface area contributed by atoms with E-state index in [4.69, 9.17) is 4.74 Å². The third-order valence-electron chi connectivity index (χ3n) is 3.65. The maximum Gasteiger partial charge on any atom is 0.305 e. The fourth-order valence-electron chi connectivity index (χ4n) is 2.51. The standard InChI is InChI=1S/C16H31N3O3/c1-3-17-16(19-12-10-14(20)13-19)18-11-8-6-5-7-9-15(21)22-4-2/h14,20H,3-13H2,1-2H3,(H,17,18)/t14-/m1/s1. The molecule has 0 spiro atoms. The summed E-state index contributed by atoms with van der Waals surface area (Å²) < 4.78 is 4.90. The van der Waals surface area contributed by atoms with E-state index in [1.54, 1.807) is 0 Å². The topological polar surface area (TPSA) is 74.2 Å². The number of unbranched alkanes of at least 4 members (excludes halogenated alkanes) is 3. The smallest absolute Gasteiger partial charge is 0.305 e. The van der Waals surface area contributed by atoms with E-state index in [-0.39, 0.29) is 12.1 Å². The molecule has 22 heavy (non-hydrogen) atoms. The van der Waals surface area contributed by atoms with Crippen molar-refractivity contribution in [1.29, 1.82) is 0 Å². The Morgan fingerprint density at radius 2 is 2.09 bits per heavy atom. The van der Waals surface area contributed by atoms with E-state index in [2.05, 4.69) is 22.1 Å². The summed E-state index contributed by atoms with van der Waals surface area (Å²) in [6, 6.07) is 0. The van der Waals surface area contributed by atoms with Gasteiger partial charge in [-0.1, -0.05) is 12.8 Å². The number of hydrogen-bond acceptors (Lipinski definition) is 4. The highest BCUT2D eigenvalue weighted by atomic mass is 16.5. The lowest BCUT2D eigenvalue weighted by Gasteiger charge is -2.20. The van der Waals surface area contributed by atoms with Crippen molar-refractivity contribution in [3.63, 3.8) is 0 Å². The number of likely N-dealkylation sites (tertiary alicyclic amines) is 1. The summed E-state index contributed by atoms with van der Waals surface area (Å²) >= 11 is 0. The molecule has 1 aliphatic heterocycles. The maximum absolute atomic E-state index is 11.2. The predicted octanol–water partition coefficient (Wildman–Crippen LogP) is 1.53. The van der Waals surface area contributed by atoms with Gasteiger partial charge in [-0.25, -0.2) is 0 Å². The fourth-order valence-corrected chi connectivity index (χ4v) is 2.51. The molecule has 128 valence electrons. The van der Waals surface area contributed by atoms with Gasteiger partial charge in [-0.3, -0.25) is 9.79 Å². The molecule has 0 aromatic rings. The lowest BCUT2D eigenvalue weighted by Crippen LogP contribution is -2.40. The van der Waals surface area contributed by atoms with Crippen LogP contribution < -0.4 is 5.32 Å². The highest BCUT2D eigenvalue weighted by Gasteiger charge is 2.22. The lowest BCUT2D eigenvalue weighted by molar-refractivity contribution is -0.143. The van der Waals surface area contributed by atoms with Crippen molar-refractivity contribution in [2.45, 2.75) is 58.5 Å². The Morgan fingerprint density at radius 3 is 2.73 bits per heavy atom. The van der Waals surface area contributed by atoms with Crippen LogP contribution in [0.5, 0.6) is 0 Å². The number of carbonyl (C=O) groups excluding carboxylic acids is 1. The molecule has 6 nitrogen and oxygen atoms in total. The number of nitrogens with one attached hydrogen (secondary N) is 1. The molecule has 1 saturated heterocycles. The zero-order valence-electron chi connectivity index (χ0n) is 14.0. The Hall–Kier alpha value is -1.30. The van der Waals surface area contributed by atoms with Gasteiger partial charge in [-0.15, -0.1) is 0 Å². The van der Waals surface area contributed by atoms with E-state index in [1.165, 1.54) is 0 Å². The second-order valence-corrected chi connectivity index (χ2v) is 5.59. The quantitative estimate of drug-likeness (QED) is 0.292. The van der Waals surface area contributed by atoms with Gasteiger partial charge in [0.1, 0.15) is 0 Å². The van der Waals surface area contributed by atoms with Crippen molar-refractivity contribution in [1.82, 2.24) is 10.2 Å². The van der Waals surface area contributed by atoms with Crippen LogP contribution in [-0.4, -0.2) is 60.8 Å². The highest BCUT2D eigenvalue weighted by molar-refractivity contribution is 5.80. The van der Waals surface area contributed by atoms with Gasteiger partial charge >= 0.3 is 5.97 Å². The minimum absolute atomic E-state index is 0.0949. The fraction of sp³-hybridized carbons (Fsp3) is 0.875. The molecule has 0 amide bonds. The Kier molecular flexibility index (Phi) is 9.62. The minimum Gasteiger partial charge on any atom is -0.466 e. The average molecular weight is 313 g/mol. The van der Waals surface area contributed by atoms with Gasteiger partial charge < -0.3 is 20.1 Å². The van der Waals surface area contributed by atoms with Crippen LogP contribution in [-0.2, 0) is 9.53 Å². The normalized spacial score (nSPS) is 18.6. The largest absolute Gasteiger partial charge is 0.466 e. The molecule has 6 heteroatoms. The van der Waals surface area contributed by atoms with E-state index in [1.807, 2.05) is 6.92 Å². The van der Waals surface area contributed by atoms with Crippen LogP contribution >= 0.6 is 0 Å². The number of guanidine groups is 1. The van der Waals surface area contributed by atoms with Gasteiger partial charge in [0, 0.05) is 32.6 Å². The van der Waals surface area contributed by atoms with E-state index in [9.17, 15) is 9.90 Å². The van der Waals surface area contributed by atoms with E-state index < -0.39 is 0 Å². The zero-order valence-corrected chi connectivity index (χ0v) is 14.0. The molecule has 1 fully saturated rings.